The van der Waals surface area contributed by atoms with Gasteiger partial charge in [-0.1, -0.05) is 19.8 Å². The molecule has 2 saturated carbocycles. The summed E-state index contributed by atoms with van der Waals surface area (Å²) in [5.74, 6) is -0.170. The van der Waals surface area contributed by atoms with Crippen molar-refractivity contribution in [2.75, 3.05) is 6.54 Å². The second kappa shape index (κ2) is 5.59. The monoisotopic (exact) mass is 254 g/mol. The van der Waals surface area contributed by atoms with Crippen LogP contribution < -0.4 is 5.32 Å². The van der Waals surface area contributed by atoms with E-state index in [4.69, 9.17) is 5.11 Å². The van der Waals surface area contributed by atoms with Crippen LogP contribution in [0.4, 0.5) is 4.79 Å². The van der Waals surface area contributed by atoms with Gasteiger partial charge in [0.15, 0.2) is 0 Å². The van der Waals surface area contributed by atoms with Gasteiger partial charge in [0, 0.05) is 12.1 Å². The van der Waals surface area contributed by atoms with Crippen molar-refractivity contribution >= 4 is 12.0 Å². The highest BCUT2D eigenvalue weighted by Gasteiger charge is 2.35. The molecule has 0 spiro atoms. The second-order valence-corrected chi connectivity index (χ2v) is 5.49. The maximum Gasteiger partial charge on any atom is 0.323 e. The van der Waals surface area contributed by atoms with Crippen molar-refractivity contribution in [3.05, 3.63) is 0 Å². The van der Waals surface area contributed by atoms with Crippen LogP contribution in [0, 0.1) is 5.92 Å². The second-order valence-electron chi connectivity index (χ2n) is 5.49. The fraction of sp³-hybridized carbons (Fsp3) is 0.846. The lowest BCUT2D eigenvalue weighted by molar-refractivity contribution is -0.137. The van der Waals surface area contributed by atoms with E-state index in [0.717, 1.165) is 31.6 Å². The van der Waals surface area contributed by atoms with E-state index in [2.05, 4.69) is 12.2 Å². The quantitative estimate of drug-likeness (QED) is 0.728. The van der Waals surface area contributed by atoms with Crippen molar-refractivity contribution in [2.45, 2.75) is 57.5 Å². The molecular weight excluding hydrogens is 232 g/mol. The van der Waals surface area contributed by atoms with Crippen LogP contribution >= 0.6 is 0 Å². The van der Waals surface area contributed by atoms with E-state index in [1.54, 1.807) is 0 Å². The highest BCUT2D eigenvalue weighted by molar-refractivity contribution is 5.80. The summed E-state index contributed by atoms with van der Waals surface area (Å²) in [7, 11) is 0. The molecule has 0 saturated heterocycles. The van der Waals surface area contributed by atoms with Gasteiger partial charge in [0.25, 0.3) is 0 Å². The van der Waals surface area contributed by atoms with Crippen molar-refractivity contribution in [2.24, 2.45) is 5.92 Å². The topological polar surface area (TPSA) is 69.6 Å². The Morgan fingerprint density at radius 3 is 2.44 bits per heavy atom. The van der Waals surface area contributed by atoms with Crippen molar-refractivity contribution in [1.29, 1.82) is 0 Å². The maximum absolute atomic E-state index is 12.1. The molecule has 5 heteroatoms. The number of carboxylic acids is 1. The van der Waals surface area contributed by atoms with Gasteiger partial charge in [-0.05, 0) is 31.6 Å². The molecule has 102 valence electrons. The Bertz CT molecular complexity index is 324. The summed E-state index contributed by atoms with van der Waals surface area (Å²) in [5.41, 5.74) is 0. The third kappa shape index (κ3) is 3.89. The minimum absolute atomic E-state index is 0.138. The van der Waals surface area contributed by atoms with Crippen LogP contribution in [0.5, 0.6) is 0 Å². The van der Waals surface area contributed by atoms with Crippen molar-refractivity contribution in [3.63, 3.8) is 0 Å². The number of carboxylic acid groups (broad SMARTS) is 1. The average Bonchev–Trinajstić information content (AvgIpc) is 3.16. The Hall–Kier alpha value is -1.26. The number of rotatable bonds is 7. The molecule has 0 bridgehead atoms. The minimum Gasteiger partial charge on any atom is -0.480 e. The van der Waals surface area contributed by atoms with Gasteiger partial charge in [0.05, 0.1) is 0 Å². The molecule has 5 nitrogen and oxygen atoms in total. The van der Waals surface area contributed by atoms with E-state index in [9.17, 15) is 9.59 Å². The number of carbonyl (C=O) groups excluding carboxylic acids is 1. The molecule has 0 radical (unpaired) electrons. The normalized spacial score (nSPS) is 20.3. The summed E-state index contributed by atoms with van der Waals surface area (Å²) in [4.78, 5) is 24.3. The predicted molar refractivity (Wildman–Crippen MR) is 67.3 cm³/mol. The van der Waals surface area contributed by atoms with E-state index in [-0.39, 0.29) is 24.7 Å². The van der Waals surface area contributed by atoms with E-state index in [0.29, 0.717) is 0 Å². The van der Waals surface area contributed by atoms with Crippen LogP contribution in [-0.2, 0) is 4.79 Å². The predicted octanol–water partition coefficient (Wildman–Crippen LogP) is 1.82. The van der Waals surface area contributed by atoms with Crippen molar-refractivity contribution in [1.82, 2.24) is 10.2 Å². The number of aliphatic carboxylic acids is 1. The van der Waals surface area contributed by atoms with Gasteiger partial charge in [-0.3, -0.25) is 4.79 Å². The highest BCUT2D eigenvalue weighted by atomic mass is 16.4. The van der Waals surface area contributed by atoms with Gasteiger partial charge in [-0.2, -0.15) is 0 Å². The fourth-order valence-corrected chi connectivity index (χ4v) is 2.24. The SMILES string of the molecule is CCC(CC1CC1)NC(=O)N(CC(=O)O)C1CC1. The molecule has 0 heterocycles. The van der Waals surface area contributed by atoms with E-state index < -0.39 is 5.97 Å². The number of amides is 2. The molecule has 0 aliphatic heterocycles. The highest BCUT2D eigenvalue weighted by Crippen LogP contribution is 2.34. The summed E-state index contributed by atoms with van der Waals surface area (Å²) >= 11 is 0. The molecular formula is C13H22N2O3. The summed E-state index contributed by atoms with van der Waals surface area (Å²) in [6, 6.07) is 0.131. The lowest BCUT2D eigenvalue weighted by Gasteiger charge is -2.24. The molecule has 0 aromatic heterocycles. The smallest absolute Gasteiger partial charge is 0.323 e. The Morgan fingerprint density at radius 1 is 1.33 bits per heavy atom. The molecule has 0 aromatic rings. The van der Waals surface area contributed by atoms with E-state index in [1.165, 1.54) is 17.7 Å². The molecule has 0 aromatic carbocycles. The molecule has 2 aliphatic rings. The fourth-order valence-electron chi connectivity index (χ4n) is 2.24. The minimum atomic E-state index is -0.938. The number of hydrogen-bond acceptors (Lipinski definition) is 2. The van der Waals surface area contributed by atoms with E-state index >= 15 is 0 Å². The Balaban J connectivity index is 1.84. The van der Waals surface area contributed by atoms with Crippen molar-refractivity contribution in [3.8, 4) is 0 Å². The Kier molecular flexibility index (Phi) is 4.09. The summed E-state index contributed by atoms with van der Waals surface area (Å²) in [6.07, 6.45) is 6.35. The third-order valence-electron chi connectivity index (χ3n) is 3.69. The number of carbonyl (C=O) groups is 2. The van der Waals surface area contributed by atoms with Crippen LogP contribution in [0.15, 0.2) is 0 Å². The van der Waals surface area contributed by atoms with Gasteiger partial charge >= 0.3 is 12.0 Å². The molecule has 18 heavy (non-hydrogen) atoms. The number of nitrogens with one attached hydrogen (secondary N) is 1. The van der Waals surface area contributed by atoms with Gasteiger partial charge in [0.2, 0.25) is 0 Å². The third-order valence-corrected chi connectivity index (χ3v) is 3.69. The van der Waals surface area contributed by atoms with Crippen LogP contribution in [0.2, 0.25) is 0 Å². The molecule has 1 atom stereocenters. The summed E-state index contributed by atoms with van der Waals surface area (Å²) < 4.78 is 0. The number of urea groups is 1. The summed E-state index contributed by atoms with van der Waals surface area (Å²) in [6.45, 7) is 1.88. The van der Waals surface area contributed by atoms with Crippen LogP contribution in [0.25, 0.3) is 0 Å². The first-order valence-electron chi connectivity index (χ1n) is 6.89. The molecule has 2 fully saturated rings. The summed E-state index contributed by atoms with van der Waals surface area (Å²) in [5, 5.41) is 11.8. The standard InChI is InChI=1S/C13H22N2O3/c1-2-10(7-9-3-4-9)14-13(18)15(8-12(16)17)11-5-6-11/h9-11H,2-8H2,1H3,(H,14,18)(H,16,17). The van der Waals surface area contributed by atoms with Crippen molar-refractivity contribution < 1.29 is 14.7 Å². The maximum atomic E-state index is 12.1. The van der Waals surface area contributed by atoms with Gasteiger partial charge in [-0.25, -0.2) is 4.79 Å². The largest absolute Gasteiger partial charge is 0.480 e. The lowest BCUT2D eigenvalue weighted by Crippen LogP contribution is -2.47. The Labute approximate surface area is 108 Å². The zero-order valence-corrected chi connectivity index (χ0v) is 10.9. The first-order chi connectivity index (χ1) is 8.60. The number of hydrogen-bond donors (Lipinski definition) is 2. The zero-order valence-electron chi connectivity index (χ0n) is 10.9. The van der Waals surface area contributed by atoms with Gasteiger partial charge < -0.3 is 15.3 Å². The number of nitrogens with zero attached hydrogens (tertiary/aromatic N) is 1. The lowest BCUT2D eigenvalue weighted by atomic mass is 10.1. The average molecular weight is 254 g/mol. The molecule has 2 aliphatic carbocycles. The van der Waals surface area contributed by atoms with Crippen LogP contribution in [0.1, 0.15) is 45.4 Å². The first-order valence-corrected chi connectivity index (χ1v) is 6.89. The zero-order chi connectivity index (χ0) is 13.1. The Morgan fingerprint density at radius 2 is 2.00 bits per heavy atom. The first kappa shape index (κ1) is 13.2. The van der Waals surface area contributed by atoms with Crippen LogP contribution in [0.3, 0.4) is 0 Å². The van der Waals surface area contributed by atoms with Gasteiger partial charge in [-0.15, -0.1) is 0 Å². The molecule has 1 unspecified atom stereocenters. The van der Waals surface area contributed by atoms with Gasteiger partial charge in [0.1, 0.15) is 6.54 Å². The molecule has 2 rings (SSSR count). The van der Waals surface area contributed by atoms with E-state index in [1.807, 2.05) is 0 Å². The van der Waals surface area contributed by atoms with Crippen LogP contribution in [-0.4, -0.2) is 40.6 Å². The molecule has 2 N–H and O–H groups in total. The molecule has 2 amide bonds.